The summed E-state index contributed by atoms with van der Waals surface area (Å²) in [5.74, 6) is 1.41. The van der Waals surface area contributed by atoms with E-state index in [9.17, 15) is 0 Å². The fraction of sp³-hybridized carbons (Fsp3) is 1.00. The van der Waals surface area contributed by atoms with Crippen LogP contribution in [-0.2, 0) is 4.74 Å². The molecule has 4 atom stereocenters. The first-order chi connectivity index (χ1) is 6.91. The zero-order chi connectivity index (χ0) is 11.6. The van der Waals surface area contributed by atoms with Crippen molar-refractivity contribution in [2.24, 2.45) is 23.0 Å². The van der Waals surface area contributed by atoms with E-state index in [2.05, 4.69) is 27.7 Å². The molecule has 0 radical (unpaired) electrons. The average Bonchev–Trinajstić information content (AvgIpc) is 2.95. The molecule has 90 valence electrons. The summed E-state index contributed by atoms with van der Waals surface area (Å²) in [7, 11) is 1.79. The highest BCUT2D eigenvalue weighted by Crippen LogP contribution is 2.46. The Morgan fingerprint density at radius 1 is 1.40 bits per heavy atom. The van der Waals surface area contributed by atoms with Gasteiger partial charge in [0.25, 0.3) is 0 Å². The van der Waals surface area contributed by atoms with E-state index in [4.69, 9.17) is 10.5 Å². The molecule has 1 aliphatic rings. The third-order valence-corrected chi connectivity index (χ3v) is 4.16. The molecule has 0 amide bonds. The highest BCUT2D eigenvalue weighted by Gasteiger charge is 2.45. The summed E-state index contributed by atoms with van der Waals surface area (Å²) in [6.07, 6.45) is 3.99. The van der Waals surface area contributed by atoms with Gasteiger partial charge in [-0.05, 0) is 37.0 Å². The van der Waals surface area contributed by atoms with Gasteiger partial charge in [0.2, 0.25) is 0 Å². The van der Waals surface area contributed by atoms with Crippen LogP contribution in [0.1, 0.15) is 47.0 Å². The number of hydrogen-bond donors (Lipinski definition) is 1. The molecule has 0 bridgehead atoms. The normalized spacial score (nSPS) is 30.0. The van der Waals surface area contributed by atoms with E-state index in [-0.39, 0.29) is 0 Å². The maximum Gasteiger partial charge on any atom is 0.0574 e. The third-order valence-electron chi connectivity index (χ3n) is 4.16. The Morgan fingerprint density at radius 3 is 2.47 bits per heavy atom. The number of methoxy groups -OCH3 is 1. The van der Waals surface area contributed by atoms with Crippen LogP contribution < -0.4 is 5.73 Å². The number of ether oxygens (including phenoxy) is 1. The lowest BCUT2D eigenvalue weighted by atomic mass is 9.82. The molecule has 2 N–H and O–H groups in total. The van der Waals surface area contributed by atoms with Crippen molar-refractivity contribution in [2.45, 2.75) is 59.1 Å². The van der Waals surface area contributed by atoms with Crippen LogP contribution in [0.2, 0.25) is 0 Å². The van der Waals surface area contributed by atoms with Crippen molar-refractivity contribution in [3.63, 3.8) is 0 Å². The molecular formula is C13H27NO. The van der Waals surface area contributed by atoms with Crippen LogP contribution in [0.25, 0.3) is 0 Å². The van der Waals surface area contributed by atoms with E-state index in [0.29, 0.717) is 29.4 Å². The zero-order valence-electron chi connectivity index (χ0n) is 10.9. The second kappa shape index (κ2) is 4.84. The lowest BCUT2D eigenvalue weighted by Gasteiger charge is -2.27. The van der Waals surface area contributed by atoms with Gasteiger partial charge in [-0.15, -0.1) is 0 Å². The summed E-state index contributed by atoms with van der Waals surface area (Å²) in [5, 5.41) is 0. The zero-order valence-corrected chi connectivity index (χ0v) is 10.9. The van der Waals surface area contributed by atoms with Crippen LogP contribution in [0.5, 0.6) is 0 Å². The molecule has 1 aliphatic carbocycles. The number of nitrogens with two attached hydrogens (primary N) is 1. The lowest BCUT2D eigenvalue weighted by Crippen LogP contribution is -2.31. The summed E-state index contributed by atoms with van der Waals surface area (Å²) in [4.78, 5) is 0. The SMILES string of the molecule is CCC(C)(C)C[C@@H](N)C1CC1[C@@H](C)OC. The Kier molecular flexibility index (Phi) is 4.19. The van der Waals surface area contributed by atoms with Crippen LogP contribution in [0, 0.1) is 17.3 Å². The molecule has 15 heavy (non-hydrogen) atoms. The van der Waals surface area contributed by atoms with Gasteiger partial charge in [0, 0.05) is 13.2 Å². The predicted molar refractivity (Wildman–Crippen MR) is 64.7 cm³/mol. The second-order valence-electron chi connectivity index (χ2n) is 5.89. The fourth-order valence-corrected chi connectivity index (χ4v) is 2.38. The van der Waals surface area contributed by atoms with Crippen molar-refractivity contribution >= 4 is 0 Å². The molecule has 1 saturated carbocycles. The monoisotopic (exact) mass is 213 g/mol. The van der Waals surface area contributed by atoms with Gasteiger partial charge in [-0.1, -0.05) is 27.2 Å². The Morgan fingerprint density at radius 2 is 2.00 bits per heavy atom. The molecule has 0 aromatic rings. The maximum absolute atomic E-state index is 6.27. The first kappa shape index (κ1) is 13.0. The molecule has 0 saturated heterocycles. The highest BCUT2D eigenvalue weighted by molar-refractivity contribution is 4.97. The molecule has 1 rings (SSSR count). The largest absolute Gasteiger partial charge is 0.381 e. The van der Waals surface area contributed by atoms with Crippen molar-refractivity contribution in [3.05, 3.63) is 0 Å². The van der Waals surface area contributed by atoms with Crippen LogP contribution in [0.3, 0.4) is 0 Å². The van der Waals surface area contributed by atoms with Gasteiger partial charge in [-0.2, -0.15) is 0 Å². The van der Waals surface area contributed by atoms with Crippen LogP contribution in [0.15, 0.2) is 0 Å². The van der Waals surface area contributed by atoms with E-state index in [1.807, 2.05) is 0 Å². The summed E-state index contributed by atoms with van der Waals surface area (Å²) in [6.45, 7) is 9.02. The van der Waals surface area contributed by atoms with Gasteiger partial charge in [0.05, 0.1) is 6.10 Å². The first-order valence-corrected chi connectivity index (χ1v) is 6.19. The summed E-state index contributed by atoms with van der Waals surface area (Å²) >= 11 is 0. The smallest absolute Gasteiger partial charge is 0.0574 e. The Labute approximate surface area is 94.6 Å². The molecule has 2 heteroatoms. The van der Waals surface area contributed by atoms with Crippen molar-refractivity contribution in [1.82, 2.24) is 0 Å². The standard InChI is InChI=1S/C13H27NO/c1-6-13(3,4)8-12(14)11-7-10(11)9(2)15-5/h9-12H,6-8,14H2,1-5H3/t9-,10?,11?,12-/m1/s1. The van der Waals surface area contributed by atoms with Crippen LogP contribution in [0.4, 0.5) is 0 Å². The Hall–Kier alpha value is -0.0800. The maximum atomic E-state index is 6.27. The first-order valence-electron chi connectivity index (χ1n) is 6.19. The summed E-state index contributed by atoms with van der Waals surface area (Å²) in [5.41, 5.74) is 6.66. The van der Waals surface area contributed by atoms with Crippen molar-refractivity contribution < 1.29 is 4.74 Å². The molecule has 0 spiro atoms. The van der Waals surface area contributed by atoms with E-state index in [0.717, 1.165) is 6.42 Å². The van der Waals surface area contributed by atoms with Gasteiger partial charge < -0.3 is 10.5 Å². The van der Waals surface area contributed by atoms with Crippen LogP contribution >= 0.6 is 0 Å². The minimum absolute atomic E-state index is 0.363. The Bertz CT molecular complexity index is 203. The van der Waals surface area contributed by atoms with E-state index in [1.54, 1.807) is 7.11 Å². The molecule has 0 aliphatic heterocycles. The van der Waals surface area contributed by atoms with Crippen molar-refractivity contribution in [3.8, 4) is 0 Å². The van der Waals surface area contributed by atoms with Gasteiger partial charge in [0.1, 0.15) is 0 Å². The average molecular weight is 213 g/mol. The Balaban J connectivity index is 2.35. The van der Waals surface area contributed by atoms with Crippen molar-refractivity contribution in [2.75, 3.05) is 7.11 Å². The molecule has 2 nitrogen and oxygen atoms in total. The van der Waals surface area contributed by atoms with Gasteiger partial charge >= 0.3 is 0 Å². The molecule has 1 fully saturated rings. The molecular weight excluding hydrogens is 186 g/mol. The predicted octanol–water partition coefficient (Wildman–Crippen LogP) is 2.81. The third kappa shape index (κ3) is 3.46. The molecule has 0 aromatic carbocycles. The van der Waals surface area contributed by atoms with Crippen LogP contribution in [-0.4, -0.2) is 19.3 Å². The fourth-order valence-electron chi connectivity index (χ4n) is 2.38. The molecule has 2 unspecified atom stereocenters. The minimum Gasteiger partial charge on any atom is -0.381 e. The minimum atomic E-state index is 0.363. The van der Waals surface area contributed by atoms with E-state index < -0.39 is 0 Å². The van der Waals surface area contributed by atoms with Gasteiger partial charge in [0.15, 0.2) is 0 Å². The van der Waals surface area contributed by atoms with E-state index >= 15 is 0 Å². The second-order valence-corrected chi connectivity index (χ2v) is 5.89. The number of rotatable bonds is 6. The van der Waals surface area contributed by atoms with Gasteiger partial charge in [-0.3, -0.25) is 0 Å². The van der Waals surface area contributed by atoms with E-state index in [1.165, 1.54) is 12.8 Å². The van der Waals surface area contributed by atoms with Gasteiger partial charge in [-0.25, -0.2) is 0 Å². The lowest BCUT2D eigenvalue weighted by molar-refractivity contribution is 0.0925. The topological polar surface area (TPSA) is 35.2 Å². The number of hydrogen-bond acceptors (Lipinski definition) is 2. The molecule has 0 heterocycles. The summed E-state index contributed by atoms with van der Waals surface area (Å²) in [6, 6.07) is 0.363. The molecule has 0 aromatic heterocycles. The highest BCUT2D eigenvalue weighted by atomic mass is 16.5. The summed E-state index contributed by atoms with van der Waals surface area (Å²) < 4.78 is 5.36. The van der Waals surface area contributed by atoms with Crippen molar-refractivity contribution in [1.29, 1.82) is 0 Å². The quantitative estimate of drug-likeness (QED) is 0.736.